The van der Waals surface area contributed by atoms with E-state index in [4.69, 9.17) is 11.6 Å². The standard InChI is InChI=1S/C21H15ClFN3O2/c1-25-10-17(13-2-6-15(22)7-3-13)19-20(25)21(28)26(12-24-19)11-18(27)14-4-8-16(23)9-5-14/h2-10,12H,11H2,1H3. The lowest BCUT2D eigenvalue weighted by atomic mass is 10.1. The second-order valence-corrected chi connectivity index (χ2v) is 6.90. The van der Waals surface area contributed by atoms with Gasteiger partial charge in [-0.15, -0.1) is 0 Å². The van der Waals surface area contributed by atoms with E-state index in [1.807, 2.05) is 18.3 Å². The normalized spacial score (nSPS) is 11.1. The molecule has 2 aromatic carbocycles. The molecular formula is C21H15ClFN3O2. The van der Waals surface area contributed by atoms with E-state index in [1.165, 1.54) is 35.2 Å². The number of hydrogen-bond donors (Lipinski definition) is 0. The van der Waals surface area contributed by atoms with Crippen molar-refractivity contribution in [1.82, 2.24) is 14.1 Å². The Bertz CT molecular complexity index is 1240. The van der Waals surface area contributed by atoms with Crippen LogP contribution in [-0.4, -0.2) is 19.9 Å². The van der Waals surface area contributed by atoms with Crippen molar-refractivity contribution in [2.75, 3.05) is 0 Å². The highest BCUT2D eigenvalue weighted by molar-refractivity contribution is 6.30. The average molecular weight is 396 g/mol. The first-order chi connectivity index (χ1) is 13.4. The van der Waals surface area contributed by atoms with E-state index in [1.54, 1.807) is 23.7 Å². The summed E-state index contributed by atoms with van der Waals surface area (Å²) >= 11 is 5.95. The Morgan fingerprint density at radius 3 is 2.46 bits per heavy atom. The van der Waals surface area contributed by atoms with Crippen LogP contribution in [0.15, 0.2) is 65.8 Å². The van der Waals surface area contributed by atoms with Crippen LogP contribution >= 0.6 is 11.6 Å². The molecule has 0 amide bonds. The summed E-state index contributed by atoms with van der Waals surface area (Å²) in [6.45, 7) is -0.172. The Hall–Kier alpha value is -3.25. The number of halogens is 2. The lowest BCUT2D eigenvalue weighted by molar-refractivity contribution is 0.0970. The largest absolute Gasteiger partial charge is 0.344 e. The number of nitrogens with zero attached hydrogens (tertiary/aromatic N) is 3. The molecule has 0 fully saturated rings. The van der Waals surface area contributed by atoms with Crippen LogP contribution in [-0.2, 0) is 13.6 Å². The summed E-state index contributed by atoms with van der Waals surface area (Å²) in [6, 6.07) is 12.5. The summed E-state index contributed by atoms with van der Waals surface area (Å²) < 4.78 is 16.0. The molecule has 140 valence electrons. The van der Waals surface area contributed by atoms with Crippen molar-refractivity contribution in [1.29, 1.82) is 0 Å². The number of rotatable bonds is 4. The first-order valence-electron chi connectivity index (χ1n) is 8.53. The van der Waals surface area contributed by atoms with Crippen molar-refractivity contribution in [3.63, 3.8) is 0 Å². The maximum Gasteiger partial charge on any atom is 0.278 e. The lowest BCUT2D eigenvalue weighted by Gasteiger charge is -2.06. The van der Waals surface area contributed by atoms with Crippen molar-refractivity contribution in [3.05, 3.63) is 87.8 Å². The fourth-order valence-corrected chi connectivity index (χ4v) is 3.27. The third kappa shape index (κ3) is 3.23. The molecule has 0 aliphatic carbocycles. The maximum absolute atomic E-state index is 13.0. The molecule has 4 rings (SSSR count). The summed E-state index contributed by atoms with van der Waals surface area (Å²) in [5.74, 6) is -0.717. The molecule has 0 N–H and O–H groups in total. The fraction of sp³-hybridized carbons (Fsp3) is 0.0952. The van der Waals surface area contributed by atoms with E-state index in [-0.39, 0.29) is 17.9 Å². The SMILES string of the molecule is Cn1cc(-c2ccc(Cl)cc2)c2ncn(CC(=O)c3ccc(F)cc3)c(=O)c21. The third-order valence-corrected chi connectivity index (χ3v) is 4.83. The Morgan fingerprint density at radius 2 is 1.79 bits per heavy atom. The monoisotopic (exact) mass is 395 g/mol. The Morgan fingerprint density at radius 1 is 1.11 bits per heavy atom. The van der Waals surface area contributed by atoms with Crippen LogP contribution in [0.25, 0.3) is 22.2 Å². The molecule has 0 saturated carbocycles. The molecule has 0 unspecified atom stereocenters. The van der Waals surface area contributed by atoms with Gasteiger partial charge in [0.15, 0.2) is 5.78 Å². The van der Waals surface area contributed by atoms with Crippen LogP contribution in [0.1, 0.15) is 10.4 Å². The average Bonchev–Trinajstić information content (AvgIpc) is 3.02. The summed E-state index contributed by atoms with van der Waals surface area (Å²) in [6.07, 6.45) is 3.19. The van der Waals surface area contributed by atoms with Gasteiger partial charge in [-0.25, -0.2) is 9.37 Å². The minimum atomic E-state index is -0.421. The third-order valence-electron chi connectivity index (χ3n) is 4.58. The van der Waals surface area contributed by atoms with Gasteiger partial charge in [0.25, 0.3) is 5.56 Å². The summed E-state index contributed by atoms with van der Waals surface area (Å²) in [7, 11) is 1.76. The van der Waals surface area contributed by atoms with Gasteiger partial charge in [-0.3, -0.25) is 14.2 Å². The van der Waals surface area contributed by atoms with E-state index in [0.717, 1.165) is 11.1 Å². The molecule has 0 saturated heterocycles. The van der Waals surface area contributed by atoms with Crippen molar-refractivity contribution < 1.29 is 9.18 Å². The molecule has 7 heteroatoms. The van der Waals surface area contributed by atoms with Crippen molar-refractivity contribution >= 4 is 28.4 Å². The van der Waals surface area contributed by atoms with Gasteiger partial charge in [0.2, 0.25) is 0 Å². The van der Waals surface area contributed by atoms with Gasteiger partial charge in [0.1, 0.15) is 16.9 Å². The first-order valence-corrected chi connectivity index (χ1v) is 8.91. The number of benzene rings is 2. The van der Waals surface area contributed by atoms with Gasteiger partial charge < -0.3 is 4.57 Å². The number of hydrogen-bond acceptors (Lipinski definition) is 3. The zero-order valence-corrected chi connectivity index (χ0v) is 15.7. The zero-order chi connectivity index (χ0) is 19.8. The van der Waals surface area contributed by atoms with Gasteiger partial charge >= 0.3 is 0 Å². The second kappa shape index (κ2) is 7.05. The molecule has 0 spiro atoms. The summed E-state index contributed by atoms with van der Waals surface area (Å²) in [5, 5.41) is 0.624. The smallest absolute Gasteiger partial charge is 0.278 e. The fourth-order valence-electron chi connectivity index (χ4n) is 3.15. The van der Waals surface area contributed by atoms with Crippen LogP contribution < -0.4 is 5.56 Å². The van der Waals surface area contributed by atoms with Crippen molar-refractivity contribution in [3.8, 4) is 11.1 Å². The van der Waals surface area contributed by atoms with E-state index in [2.05, 4.69) is 4.98 Å². The van der Waals surface area contributed by atoms with Crippen LogP contribution in [0.3, 0.4) is 0 Å². The van der Waals surface area contributed by atoms with Crippen LogP contribution in [0.4, 0.5) is 4.39 Å². The number of aryl methyl sites for hydroxylation is 1. The van der Waals surface area contributed by atoms with Crippen molar-refractivity contribution in [2.24, 2.45) is 7.05 Å². The quantitative estimate of drug-likeness (QED) is 0.489. The lowest BCUT2D eigenvalue weighted by Crippen LogP contribution is -2.25. The molecule has 0 radical (unpaired) electrons. The van der Waals surface area contributed by atoms with E-state index >= 15 is 0 Å². The van der Waals surface area contributed by atoms with E-state index in [9.17, 15) is 14.0 Å². The van der Waals surface area contributed by atoms with Gasteiger partial charge in [-0.2, -0.15) is 0 Å². The minimum Gasteiger partial charge on any atom is -0.344 e. The molecule has 28 heavy (non-hydrogen) atoms. The molecule has 2 heterocycles. The van der Waals surface area contributed by atoms with Crippen LogP contribution in [0.2, 0.25) is 5.02 Å². The zero-order valence-electron chi connectivity index (χ0n) is 14.9. The highest BCUT2D eigenvalue weighted by Gasteiger charge is 2.16. The highest BCUT2D eigenvalue weighted by atomic mass is 35.5. The number of carbonyl (C=O) groups excluding carboxylic acids is 1. The van der Waals surface area contributed by atoms with Gasteiger partial charge in [-0.1, -0.05) is 23.7 Å². The molecular weight excluding hydrogens is 381 g/mol. The molecule has 4 aromatic rings. The van der Waals surface area contributed by atoms with E-state index < -0.39 is 5.82 Å². The molecule has 0 aliphatic heterocycles. The van der Waals surface area contributed by atoms with Crippen LogP contribution in [0.5, 0.6) is 0 Å². The van der Waals surface area contributed by atoms with Gasteiger partial charge in [0.05, 0.1) is 12.9 Å². The molecule has 0 bridgehead atoms. The van der Waals surface area contributed by atoms with E-state index in [0.29, 0.717) is 21.6 Å². The predicted molar refractivity (Wildman–Crippen MR) is 106 cm³/mol. The number of ketones is 1. The summed E-state index contributed by atoms with van der Waals surface area (Å²) in [4.78, 5) is 29.8. The first kappa shape index (κ1) is 18.1. The minimum absolute atomic E-state index is 0.172. The Labute approximate surface area is 164 Å². The molecule has 0 atom stereocenters. The number of fused-ring (bicyclic) bond motifs is 1. The number of carbonyl (C=O) groups is 1. The highest BCUT2D eigenvalue weighted by Crippen LogP contribution is 2.28. The predicted octanol–water partition coefficient (Wildman–Crippen LogP) is 4.08. The molecule has 0 aliphatic rings. The molecule has 2 aromatic heterocycles. The topological polar surface area (TPSA) is 56.9 Å². The maximum atomic E-state index is 13.0. The Balaban J connectivity index is 1.74. The molecule has 5 nitrogen and oxygen atoms in total. The number of Topliss-reactive ketones (excluding diaryl/α,β-unsaturated/α-hetero) is 1. The second-order valence-electron chi connectivity index (χ2n) is 6.47. The van der Waals surface area contributed by atoms with Gasteiger partial charge in [0, 0.05) is 29.4 Å². The summed E-state index contributed by atoms with van der Waals surface area (Å²) in [5.41, 5.74) is 2.68. The van der Waals surface area contributed by atoms with Crippen LogP contribution in [0, 0.1) is 5.82 Å². The van der Waals surface area contributed by atoms with Gasteiger partial charge in [-0.05, 0) is 42.0 Å². The number of aromatic nitrogens is 3. The Kier molecular flexibility index (Phi) is 4.57. The van der Waals surface area contributed by atoms with Crippen molar-refractivity contribution in [2.45, 2.75) is 6.54 Å².